The molecule has 0 saturated carbocycles. The van der Waals surface area contributed by atoms with Crippen LogP contribution in [0.25, 0.3) is 0 Å². The Labute approximate surface area is 115 Å². The minimum absolute atomic E-state index is 0.249. The second-order valence-corrected chi connectivity index (χ2v) is 5.22. The van der Waals surface area contributed by atoms with E-state index in [1.165, 1.54) is 12.7 Å². The minimum Gasteiger partial charge on any atom is -0.496 e. The Hall–Kier alpha value is -1.55. The van der Waals surface area contributed by atoms with Crippen molar-refractivity contribution in [1.29, 1.82) is 0 Å². The van der Waals surface area contributed by atoms with Crippen molar-refractivity contribution in [3.8, 4) is 5.75 Å². The van der Waals surface area contributed by atoms with Crippen molar-refractivity contribution < 1.29 is 14.3 Å². The molecule has 0 aliphatic rings. The molecule has 0 aliphatic carbocycles. The van der Waals surface area contributed by atoms with Gasteiger partial charge in [-0.15, -0.1) is 0 Å². The number of likely N-dealkylation sites (N-methyl/N-ethyl adjacent to an activating group) is 1. The topological polar surface area (TPSA) is 38.8 Å². The summed E-state index contributed by atoms with van der Waals surface area (Å²) in [5, 5.41) is 0. The Balaban J connectivity index is 2.96. The van der Waals surface area contributed by atoms with E-state index in [2.05, 4.69) is 6.07 Å². The maximum Gasteiger partial charge on any atom is 0.325 e. The van der Waals surface area contributed by atoms with Gasteiger partial charge in [0.25, 0.3) is 0 Å². The number of esters is 1. The Kier molecular flexibility index (Phi) is 4.95. The van der Waals surface area contributed by atoms with Crippen LogP contribution in [0.4, 0.5) is 0 Å². The molecule has 0 N–H and O–H groups in total. The normalized spacial score (nSPS) is 11.5. The van der Waals surface area contributed by atoms with Gasteiger partial charge in [0.2, 0.25) is 0 Å². The summed E-state index contributed by atoms with van der Waals surface area (Å²) in [5.41, 5.74) is 1.55. The summed E-state index contributed by atoms with van der Waals surface area (Å²) in [6.45, 7) is 6.35. The summed E-state index contributed by atoms with van der Waals surface area (Å²) < 4.78 is 10.2. The highest BCUT2D eigenvalue weighted by atomic mass is 16.5. The fourth-order valence-electron chi connectivity index (χ4n) is 1.89. The average Bonchev–Trinajstić information content (AvgIpc) is 2.37. The van der Waals surface area contributed by atoms with Gasteiger partial charge in [-0.2, -0.15) is 0 Å². The Bertz CT molecular complexity index is 455. The summed E-state index contributed by atoms with van der Waals surface area (Å²) in [7, 11) is 4.96. The first-order chi connectivity index (χ1) is 8.82. The van der Waals surface area contributed by atoms with E-state index in [1.807, 2.05) is 44.9 Å². The van der Waals surface area contributed by atoms with Crippen LogP contribution < -0.4 is 4.74 Å². The first kappa shape index (κ1) is 15.5. The molecular weight excluding hydrogens is 242 g/mol. The highest BCUT2D eigenvalue weighted by Gasteiger charge is 2.33. The van der Waals surface area contributed by atoms with Gasteiger partial charge in [-0.1, -0.05) is 17.7 Å². The van der Waals surface area contributed by atoms with Crippen molar-refractivity contribution in [3.05, 3.63) is 29.3 Å². The lowest BCUT2D eigenvalue weighted by molar-refractivity contribution is -0.152. The highest BCUT2D eigenvalue weighted by molar-refractivity contribution is 5.79. The Morgan fingerprint density at radius 3 is 2.47 bits per heavy atom. The zero-order valence-corrected chi connectivity index (χ0v) is 12.6. The Morgan fingerprint density at radius 2 is 1.95 bits per heavy atom. The van der Waals surface area contributed by atoms with E-state index in [4.69, 9.17) is 9.47 Å². The molecule has 106 valence electrons. The SMILES string of the molecule is COC(=O)C(C)(C)N(C)Cc1cc(C)ccc1OC. The number of ether oxygens (including phenoxy) is 2. The summed E-state index contributed by atoms with van der Waals surface area (Å²) in [6, 6.07) is 6.03. The van der Waals surface area contributed by atoms with Gasteiger partial charge < -0.3 is 9.47 Å². The Morgan fingerprint density at radius 1 is 1.32 bits per heavy atom. The van der Waals surface area contributed by atoms with E-state index in [1.54, 1.807) is 7.11 Å². The molecule has 0 bridgehead atoms. The van der Waals surface area contributed by atoms with Crippen LogP contribution in [0.2, 0.25) is 0 Å². The molecule has 1 rings (SSSR count). The van der Waals surface area contributed by atoms with Crippen molar-refractivity contribution >= 4 is 5.97 Å². The van der Waals surface area contributed by atoms with Crippen LogP contribution in [0, 0.1) is 6.92 Å². The van der Waals surface area contributed by atoms with Gasteiger partial charge in [0.15, 0.2) is 0 Å². The highest BCUT2D eigenvalue weighted by Crippen LogP contribution is 2.24. The predicted molar refractivity (Wildman–Crippen MR) is 75.3 cm³/mol. The molecule has 0 spiro atoms. The number of rotatable bonds is 5. The average molecular weight is 265 g/mol. The maximum atomic E-state index is 11.8. The minimum atomic E-state index is -0.677. The zero-order valence-electron chi connectivity index (χ0n) is 12.6. The summed E-state index contributed by atoms with van der Waals surface area (Å²) in [5.74, 6) is 0.583. The fourth-order valence-corrected chi connectivity index (χ4v) is 1.89. The molecule has 0 saturated heterocycles. The van der Waals surface area contributed by atoms with Gasteiger partial charge in [-0.05, 0) is 33.9 Å². The first-order valence-corrected chi connectivity index (χ1v) is 6.26. The summed E-state index contributed by atoms with van der Waals surface area (Å²) in [4.78, 5) is 13.7. The second-order valence-electron chi connectivity index (χ2n) is 5.22. The van der Waals surface area contributed by atoms with Gasteiger partial charge in [0.1, 0.15) is 11.3 Å². The second kappa shape index (κ2) is 6.06. The van der Waals surface area contributed by atoms with E-state index in [-0.39, 0.29) is 5.97 Å². The molecule has 1 aromatic rings. The number of carbonyl (C=O) groups excluding carboxylic acids is 1. The van der Waals surface area contributed by atoms with Gasteiger partial charge in [-0.3, -0.25) is 9.69 Å². The molecule has 0 fully saturated rings. The number of methoxy groups -OCH3 is 2. The third kappa shape index (κ3) is 3.47. The van der Waals surface area contributed by atoms with E-state index < -0.39 is 5.54 Å². The molecule has 0 unspecified atom stereocenters. The lowest BCUT2D eigenvalue weighted by Gasteiger charge is -2.33. The molecule has 0 aliphatic heterocycles. The van der Waals surface area contributed by atoms with Crippen LogP contribution in [0.1, 0.15) is 25.0 Å². The lowest BCUT2D eigenvalue weighted by Crippen LogP contribution is -2.48. The van der Waals surface area contributed by atoms with E-state index in [0.29, 0.717) is 6.54 Å². The molecule has 0 aromatic heterocycles. The summed E-state index contributed by atoms with van der Waals surface area (Å²) in [6.07, 6.45) is 0. The van der Waals surface area contributed by atoms with Gasteiger partial charge in [0, 0.05) is 12.1 Å². The molecule has 0 atom stereocenters. The molecule has 19 heavy (non-hydrogen) atoms. The van der Waals surface area contributed by atoms with E-state index in [0.717, 1.165) is 11.3 Å². The van der Waals surface area contributed by atoms with Crippen LogP contribution in [0.5, 0.6) is 5.75 Å². The monoisotopic (exact) mass is 265 g/mol. The smallest absolute Gasteiger partial charge is 0.325 e. The third-order valence-corrected chi connectivity index (χ3v) is 3.48. The van der Waals surface area contributed by atoms with E-state index in [9.17, 15) is 4.79 Å². The van der Waals surface area contributed by atoms with Gasteiger partial charge >= 0.3 is 5.97 Å². The molecule has 0 radical (unpaired) electrons. The standard InChI is InChI=1S/C15H23NO3/c1-11-7-8-13(18-5)12(9-11)10-16(4)15(2,3)14(17)19-6/h7-9H,10H2,1-6H3. The number of benzene rings is 1. The van der Waals surface area contributed by atoms with Crippen molar-refractivity contribution in [1.82, 2.24) is 4.90 Å². The van der Waals surface area contributed by atoms with Crippen molar-refractivity contribution in [2.45, 2.75) is 32.9 Å². The van der Waals surface area contributed by atoms with Gasteiger partial charge in [0.05, 0.1) is 14.2 Å². The van der Waals surface area contributed by atoms with Crippen molar-refractivity contribution in [3.63, 3.8) is 0 Å². The van der Waals surface area contributed by atoms with Crippen LogP contribution >= 0.6 is 0 Å². The number of carbonyl (C=O) groups is 1. The summed E-state index contributed by atoms with van der Waals surface area (Å²) >= 11 is 0. The van der Waals surface area contributed by atoms with Crippen molar-refractivity contribution in [2.24, 2.45) is 0 Å². The molecule has 1 aromatic carbocycles. The molecule has 4 nitrogen and oxygen atoms in total. The fraction of sp³-hybridized carbons (Fsp3) is 0.533. The quantitative estimate of drug-likeness (QED) is 0.766. The van der Waals surface area contributed by atoms with Crippen molar-refractivity contribution in [2.75, 3.05) is 21.3 Å². The largest absolute Gasteiger partial charge is 0.496 e. The van der Waals surface area contributed by atoms with Gasteiger partial charge in [-0.25, -0.2) is 0 Å². The van der Waals surface area contributed by atoms with Crippen LogP contribution in [0.15, 0.2) is 18.2 Å². The third-order valence-electron chi connectivity index (χ3n) is 3.48. The predicted octanol–water partition coefficient (Wildman–Crippen LogP) is 2.39. The molecule has 0 amide bonds. The zero-order chi connectivity index (χ0) is 14.6. The van der Waals surface area contributed by atoms with Crippen LogP contribution in [-0.4, -0.2) is 37.7 Å². The number of aryl methyl sites for hydroxylation is 1. The van der Waals surface area contributed by atoms with Crippen LogP contribution in [0.3, 0.4) is 0 Å². The lowest BCUT2D eigenvalue weighted by atomic mass is 10.0. The van der Waals surface area contributed by atoms with Crippen LogP contribution in [-0.2, 0) is 16.1 Å². The molecular formula is C15H23NO3. The van der Waals surface area contributed by atoms with E-state index >= 15 is 0 Å². The molecule has 0 heterocycles. The number of nitrogens with zero attached hydrogens (tertiary/aromatic N) is 1. The number of hydrogen-bond donors (Lipinski definition) is 0. The molecule has 4 heteroatoms. The maximum absolute atomic E-state index is 11.8. The first-order valence-electron chi connectivity index (χ1n) is 6.26. The number of hydrogen-bond acceptors (Lipinski definition) is 4.